The van der Waals surface area contributed by atoms with Crippen molar-refractivity contribution in [3.8, 4) is 0 Å². The number of nitrogens with one attached hydrogen (secondary N) is 1. The molecule has 0 spiro atoms. The molecule has 1 amide bonds. The van der Waals surface area contributed by atoms with Crippen molar-refractivity contribution >= 4 is 21.6 Å². The number of rotatable bonds is 5. The monoisotopic (exact) mass is 390 g/mol. The highest BCUT2D eigenvalue weighted by Crippen LogP contribution is 2.30. The Hall–Kier alpha value is -2.46. The zero-order chi connectivity index (χ0) is 19.5. The number of nitrogens with zero attached hydrogens (tertiary/aromatic N) is 1. The first-order valence-corrected chi connectivity index (χ1v) is 8.63. The SMILES string of the molecule is CN(CC(=O)Nc1cccc(F)c1)S(=O)(=O)c1ccc(C(F)(F)F)cc1. The van der Waals surface area contributed by atoms with E-state index in [9.17, 15) is 30.8 Å². The van der Waals surface area contributed by atoms with Crippen LogP contribution in [0.25, 0.3) is 0 Å². The van der Waals surface area contributed by atoms with E-state index >= 15 is 0 Å². The highest BCUT2D eigenvalue weighted by Gasteiger charge is 2.31. The van der Waals surface area contributed by atoms with Crippen molar-refractivity contribution in [3.63, 3.8) is 0 Å². The van der Waals surface area contributed by atoms with E-state index in [0.717, 1.165) is 25.2 Å². The third-order valence-electron chi connectivity index (χ3n) is 3.36. The summed E-state index contributed by atoms with van der Waals surface area (Å²) in [5, 5.41) is 2.33. The van der Waals surface area contributed by atoms with Crippen molar-refractivity contribution in [2.45, 2.75) is 11.1 Å². The fraction of sp³-hybridized carbons (Fsp3) is 0.188. The molecule has 0 atom stereocenters. The summed E-state index contributed by atoms with van der Waals surface area (Å²) in [6, 6.07) is 7.96. The van der Waals surface area contributed by atoms with Gasteiger partial charge >= 0.3 is 6.18 Å². The number of halogens is 4. The Kier molecular flexibility index (Phi) is 5.67. The molecule has 26 heavy (non-hydrogen) atoms. The maximum atomic E-state index is 13.1. The minimum absolute atomic E-state index is 0.148. The molecule has 0 aliphatic heterocycles. The molecule has 1 N–H and O–H groups in total. The van der Waals surface area contributed by atoms with Gasteiger partial charge in [0.1, 0.15) is 5.82 Å². The maximum Gasteiger partial charge on any atom is 0.416 e. The number of carbonyl (C=O) groups excluding carboxylic acids is 1. The van der Waals surface area contributed by atoms with Gasteiger partial charge in [-0.1, -0.05) is 6.07 Å². The minimum Gasteiger partial charge on any atom is -0.325 e. The lowest BCUT2D eigenvalue weighted by Crippen LogP contribution is -2.35. The molecular formula is C16H14F4N2O3S. The van der Waals surface area contributed by atoms with Crippen LogP contribution in [0.1, 0.15) is 5.56 Å². The summed E-state index contributed by atoms with van der Waals surface area (Å²) in [5.41, 5.74) is -0.835. The van der Waals surface area contributed by atoms with Crippen molar-refractivity contribution in [2.75, 3.05) is 18.9 Å². The Labute approximate surface area is 147 Å². The molecule has 10 heteroatoms. The van der Waals surface area contributed by atoms with E-state index < -0.39 is 40.0 Å². The van der Waals surface area contributed by atoms with Crippen molar-refractivity contribution in [1.82, 2.24) is 4.31 Å². The number of hydrogen-bond donors (Lipinski definition) is 1. The number of alkyl halides is 3. The first-order valence-electron chi connectivity index (χ1n) is 7.19. The quantitative estimate of drug-likeness (QED) is 0.798. The molecule has 0 unspecified atom stereocenters. The van der Waals surface area contributed by atoms with E-state index in [4.69, 9.17) is 0 Å². The molecule has 0 radical (unpaired) electrons. The largest absolute Gasteiger partial charge is 0.416 e. The van der Waals surface area contributed by atoms with Crippen LogP contribution in [0.2, 0.25) is 0 Å². The smallest absolute Gasteiger partial charge is 0.325 e. The zero-order valence-corrected chi connectivity index (χ0v) is 14.2. The van der Waals surface area contributed by atoms with Crippen LogP contribution in [0.4, 0.5) is 23.2 Å². The highest BCUT2D eigenvalue weighted by molar-refractivity contribution is 7.89. The standard InChI is InChI=1S/C16H14F4N2O3S/c1-22(10-15(23)21-13-4-2-3-12(17)9-13)26(24,25)14-7-5-11(6-8-14)16(18,19)20/h2-9H,10H2,1H3,(H,21,23). The number of carbonyl (C=O) groups is 1. The minimum atomic E-state index is -4.58. The van der Waals surface area contributed by atoms with Gasteiger partial charge in [-0.3, -0.25) is 4.79 Å². The molecule has 140 valence electrons. The summed E-state index contributed by atoms with van der Waals surface area (Å²) in [6.45, 7) is -0.597. The molecule has 2 aromatic carbocycles. The van der Waals surface area contributed by atoms with Gasteiger partial charge in [0.15, 0.2) is 0 Å². The number of sulfonamides is 1. The Balaban J connectivity index is 2.09. The Bertz CT molecular complexity index is 896. The molecule has 0 bridgehead atoms. The Morgan fingerprint density at radius 3 is 2.27 bits per heavy atom. The molecule has 5 nitrogen and oxygen atoms in total. The molecule has 2 rings (SSSR count). The third kappa shape index (κ3) is 4.79. The summed E-state index contributed by atoms with van der Waals surface area (Å²) >= 11 is 0. The predicted molar refractivity (Wildman–Crippen MR) is 86.3 cm³/mol. The molecule has 0 aromatic heterocycles. The fourth-order valence-corrected chi connectivity index (χ4v) is 3.18. The topological polar surface area (TPSA) is 66.5 Å². The van der Waals surface area contributed by atoms with E-state index in [2.05, 4.69) is 5.32 Å². The number of benzene rings is 2. The van der Waals surface area contributed by atoms with Crippen LogP contribution >= 0.6 is 0 Å². The van der Waals surface area contributed by atoms with Crippen LogP contribution in [0, 0.1) is 5.82 Å². The van der Waals surface area contributed by atoms with Crippen LogP contribution < -0.4 is 5.32 Å². The van der Waals surface area contributed by atoms with E-state index in [1.165, 1.54) is 18.2 Å². The van der Waals surface area contributed by atoms with Gasteiger partial charge in [-0.2, -0.15) is 17.5 Å². The van der Waals surface area contributed by atoms with Crippen LogP contribution in [0.5, 0.6) is 0 Å². The summed E-state index contributed by atoms with van der Waals surface area (Å²) < 4.78 is 76.1. The van der Waals surface area contributed by atoms with Gasteiger partial charge in [-0.25, -0.2) is 12.8 Å². The first-order chi connectivity index (χ1) is 12.0. The zero-order valence-electron chi connectivity index (χ0n) is 13.4. The fourth-order valence-electron chi connectivity index (χ4n) is 2.05. The van der Waals surface area contributed by atoms with Gasteiger partial charge in [-0.15, -0.1) is 0 Å². The van der Waals surface area contributed by atoms with Gasteiger partial charge in [0, 0.05) is 12.7 Å². The number of amides is 1. The van der Waals surface area contributed by atoms with E-state index in [1.54, 1.807) is 0 Å². The molecule has 0 saturated carbocycles. The summed E-state index contributed by atoms with van der Waals surface area (Å²) in [6.07, 6.45) is -4.58. The first kappa shape index (κ1) is 19.9. The maximum absolute atomic E-state index is 13.1. The highest BCUT2D eigenvalue weighted by atomic mass is 32.2. The summed E-state index contributed by atoms with van der Waals surface area (Å²) in [4.78, 5) is 11.5. The molecule has 0 saturated heterocycles. The van der Waals surface area contributed by atoms with Gasteiger partial charge in [0.05, 0.1) is 17.0 Å². The van der Waals surface area contributed by atoms with Crippen LogP contribution in [-0.2, 0) is 21.0 Å². The lowest BCUT2D eigenvalue weighted by Gasteiger charge is -2.17. The predicted octanol–water partition coefficient (Wildman–Crippen LogP) is 3.10. The second kappa shape index (κ2) is 7.42. The molecule has 0 heterocycles. The average molecular weight is 390 g/mol. The molecule has 2 aromatic rings. The van der Waals surface area contributed by atoms with Gasteiger partial charge in [0.2, 0.25) is 15.9 Å². The number of likely N-dealkylation sites (N-methyl/N-ethyl adjacent to an activating group) is 1. The van der Waals surface area contributed by atoms with Crippen LogP contribution in [0.15, 0.2) is 53.4 Å². The van der Waals surface area contributed by atoms with Crippen molar-refractivity contribution < 1.29 is 30.8 Å². The van der Waals surface area contributed by atoms with Crippen molar-refractivity contribution in [1.29, 1.82) is 0 Å². The van der Waals surface area contributed by atoms with Gasteiger partial charge in [-0.05, 0) is 42.5 Å². The lowest BCUT2D eigenvalue weighted by molar-refractivity contribution is -0.137. The Morgan fingerprint density at radius 2 is 1.73 bits per heavy atom. The van der Waals surface area contributed by atoms with Gasteiger partial charge < -0.3 is 5.32 Å². The number of anilines is 1. The second-order valence-corrected chi connectivity index (χ2v) is 7.39. The third-order valence-corrected chi connectivity index (χ3v) is 5.18. The van der Waals surface area contributed by atoms with E-state index in [0.29, 0.717) is 16.4 Å². The van der Waals surface area contributed by atoms with E-state index in [-0.39, 0.29) is 10.6 Å². The molecule has 0 aliphatic rings. The van der Waals surface area contributed by atoms with Crippen LogP contribution in [0.3, 0.4) is 0 Å². The van der Waals surface area contributed by atoms with E-state index in [1.807, 2.05) is 0 Å². The summed E-state index contributed by atoms with van der Waals surface area (Å²) in [7, 11) is -3.06. The van der Waals surface area contributed by atoms with Crippen molar-refractivity contribution in [3.05, 3.63) is 59.9 Å². The molecule has 0 fully saturated rings. The average Bonchev–Trinajstić information content (AvgIpc) is 2.54. The molecular weight excluding hydrogens is 376 g/mol. The van der Waals surface area contributed by atoms with Crippen LogP contribution in [-0.4, -0.2) is 32.2 Å². The molecule has 0 aliphatic carbocycles. The van der Waals surface area contributed by atoms with Crippen molar-refractivity contribution in [2.24, 2.45) is 0 Å². The number of hydrogen-bond acceptors (Lipinski definition) is 3. The lowest BCUT2D eigenvalue weighted by atomic mass is 10.2. The normalized spacial score (nSPS) is 12.2. The van der Waals surface area contributed by atoms with Gasteiger partial charge in [0.25, 0.3) is 0 Å². The summed E-state index contributed by atoms with van der Waals surface area (Å²) in [5.74, 6) is -1.30. The Morgan fingerprint density at radius 1 is 1.12 bits per heavy atom. The second-order valence-electron chi connectivity index (χ2n) is 5.34.